The summed E-state index contributed by atoms with van der Waals surface area (Å²) in [7, 11) is 3.76. The molecule has 1 atom stereocenters. The molecule has 3 rings (SSSR count). The average molecular weight is 457 g/mol. The number of nitriles is 1. The van der Waals surface area contributed by atoms with E-state index in [-0.39, 0.29) is 17.0 Å². The van der Waals surface area contributed by atoms with Crippen molar-refractivity contribution in [2.24, 2.45) is 4.99 Å². The summed E-state index contributed by atoms with van der Waals surface area (Å²) in [6.07, 6.45) is 6.99. The van der Waals surface area contributed by atoms with Gasteiger partial charge in [-0.2, -0.15) is 5.26 Å². The summed E-state index contributed by atoms with van der Waals surface area (Å²) in [5.74, 6) is -0.318. The van der Waals surface area contributed by atoms with Crippen LogP contribution in [0.25, 0.3) is 5.76 Å². The molecule has 9 heteroatoms. The number of aromatic nitrogens is 2. The maximum atomic E-state index is 11.0. The molecule has 7 nitrogen and oxygen atoms in total. The number of nitrogens with one attached hydrogen (secondary N) is 1. The second kappa shape index (κ2) is 10.0. The Morgan fingerprint density at radius 1 is 1.52 bits per heavy atom. The Morgan fingerprint density at radius 3 is 2.94 bits per heavy atom. The van der Waals surface area contributed by atoms with Crippen LogP contribution in [0.4, 0.5) is 5.00 Å². The van der Waals surface area contributed by atoms with E-state index in [0.29, 0.717) is 34.0 Å². The molecule has 0 aromatic carbocycles. The smallest absolute Gasteiger partial charge is 0.222 e. The summed E-state index contributed by atoms with van der Waals surface area (Å²) < 4.78 is 0. The second-order valence-corrected chi connectivity index (χ2v) is 9.01. The van der Waals surface area contributed by atoms with Crippen LogP contribution in [0.1, 0.15) is 60.2 Å². The average Bonchev–Trinajstić information content (AvgIpc) is 3.12. The lowest BCUT2D eigenvalue weighted by atomic mass is 9.79. The first kappa shape index (κ1) is 22.9. The highest BCUT2D eigenvalue weighted by atomic mass is 35.5. The van der Waals surface area contributed by atoms with Crippen LogP contribution >= 0.6 is 22.9 Å². The number of hydrogen-bond donors (Lipinski definition) is 2. The van der Waals surface area contributed by atoms with E-state index in [1.807, 2.05) is 25.9 Å². The van der Waals surface area contributed by atoms with Gasteiger partial charge in [0.2, 0.25) is 5.28 Å². The molecule has 0 spiro atoms. The van der Waals surface area contributed by atoms with Crippen molar-refractivity contribution in [3.05, 3.63) is 44.8 Å². The molecule has 31 heavy (non-hydrogen) atoms. The Kier molecular flexibility index (Phi) is 7.42. The van der Waals surface area contributed by atoms with Crippen molar-refractivity contribution in [2.75, 3.05) is 14.1 Å². The van der Waals surface area contributed by atoms with Crippen LogP contribution in [0.3, 0.4) is 0 Å². The molecule has 2 heterocycles. The number of aliphatic hydroxyl groups excluding tert-OH is 1. The molecule has 0 radical (unpaired) electrons. The van der Waals surface area contributed by atoms with Crippen LogP contribution in [0.15, 0.2) is 22.8 Å². The summed E-state index contributed by atoms with van der Waals surface area (Å²) in [6.45, 7) is 2.00. The SMILES string of the molecule is CCC/C(C(=N)[C@H]1CCCc2sc(/N=C/N(C)C)c(C#N)c21)=C(/O)c1ccnc(Cl)n1. The minimum atomic E-state index is -0.265. The lowest BCUT2D eigenvalue weighted by Gasteiger charge is -2.25. The van der Waals surface area contributed by atoms with Crippen LogP contribution < -0.4 is 0 Å². The van der Waals surface area contributed by atoms with Gasteiger partial charge >= 0.3 is 0 Å². The fraction of sp³-hybridized carbons (Fsp3) is 0.409. The van der Waals surface area contributed by atoms with Crippen LogP contribution in [0.2, 0.25) is 5.28 Å². The lowest BCUT2D eigenvalue weighted by molar-refractivity contribution is 0.502. The Morgan fingerprint density at radius 2 is 2.29 bits per heavy atom. The van der Waals surface area contributed by atoms with E-state index in [1.165, 1.54) is 17.5 Å². The van der Waals surface area contributed by atoms with Gasteiger partial charge in [-0.25, -0.2) is 15.0 Å². The van der Waals surface area contributed by atoms with Crippen molar-refractivity contribution in [1.29, 1.82) is 10.7 Å². The Hall–Kier alpha value is -2.76. The maximum absolute atomic E-state index is 11.0. The van der Waals surface area contributed by atoms with Gasteiger partial charge in [-0.15, -0.1) is 11.3 Å². The molecule has 0 aliphatic heterocycles. The van der Waals surface area contributed by atoms with Crippen molar-refractivity contribution in [3.63, 3.8) is 0 Å². The number of aliphatic imine (C=N–C) groups is 1. The van der Waals surface area contributed by atoms with Gasteiger partial charge in [-0.3, -0.25) is 0 Å². The largest absolute Gasteiger partial charge is 0.505 e. The maximum Gasteiger partial charge on any atom is 0.222 e. The third kappa shape index (κ3) is 4.94. The standard InChI is InChI=1S/C22H25ClN6OS/c1-4-6-14(20(30)16-9-10-26-22(23)28-16)19(25)13-7-5-8-17-18(13)15(11-24)21(31-17)27-12-29(2)3/h9-10,12-13,25,30H,4-8H2,1-3H3/b20-14-,25-19?,27-12+/t13-/m0/s1. The predicted molar refractivity (Wildman–Crippen MR) is 126 cm³/mol. The molecule has 0 unspecified atom stereocenters. The van der Waals surface area contributed by atoms with Gasteiger partial charge < -0.3 is 15.4 Å². The number of rotatable bonds is 7. The molecule has 0 saturated heterocycles. The van der Waals surface area contributed by atoms with Crippen molar-refractivity contribution in [1.82, 2.24) is 14.9 Å². The van der Waals surface area contributed by atoms with Crippen LogP contribution in [-0.4, -0.2) is 46.1 Å². The summed E-state index contributed by atoms with van der Waals surface area (Å²) in [5.41, 5.74) is 2.58. The van der Waals surface area contributed by atoms with Crippen molar-refractivity contribution >= 4 is 45.7 Å². The highest BCUT2D eigenvalue weighted by Crippen LogP contribution is 2.46. The first-order valence-electron chi connectivity index (χ1n) is 10.1. The number of halogens is 1. The van der Waals surface area contributed by atoms with Crippen molar-refractivity contribution < 1.29 is 5.11 Å². The molecule has 0 saturated carbocycles. The van der Waals surface area contributed by atoms with Crippen molar-refractivity contribution in [3.8, 4) is 6.07 Å². The normalized spacial score (nSPS) is 16.5. The highest BCUT2D eigenvalue weighted by Gasteiger charge is 2.33. The summed E-state index contributed by atoms with van der Waals surface area (Å²) >= 11 is 7.42. The molecule has 0 fully saturated rings. The van der Waals surface area contributed by atoms with Gasteiger partial charge in [-0.05, 0) is 48.9 Å². The first-order valence-corrected chi connectivity index (χ1v) is 11.3. The number of hydrogen-bond acceptors (Lipinski definition) is 7. The Bertz CT molecular complexity index is 1080. The number of nitrogens with zero attached hydrogens (tertiary/aromatic N) is 5. The summed E-state index contributed by atoms with van der Waals surface area (Å²) in [4.78, 5) is 15.4. The zero-order valence-corrected chi connectivity index (χ0v) is 19.4. The molecule has 0 bridgehead atoms. The predicted octanol–water partition coefficient (Wildman–Crippen LogP) is 5.49. The van der Waals surface area contributed by atoms with Crippen LogP contribution in [-0.2, 0) is 6.42 Å². The molecule has 2 N–H and O–H groups in total. The number of thiophene rings is 1. The van der Waals surface area contributed by atoms with Gasteiger partial charge in [-0.1, -0.05) is 13.3 Å². The lowest BCUT2D eigenvalue weighted by Crippen LogP contribution is -2.20. The third-order valence-electron chi connectivity index (χ3n) is 5.09. The van der Waals surface area contributed by atoms with Crippen molar-refractivity contribution in [2.45, 2.75) is 44.9 Å². The zero-order valence-electron chi connectivity index (χ0n) is 17.8. The third-order valence-corrected chi connectivity index (χ3v) is 6.45. The molecule has 162 valence electrons. The molecule has 1 aliphatic rings. The van der Waals surface area contributed by atoms with Gasteiger partial charge in [0.05, 0.1) is 11.9 Å². The molecule has 2 aromatic heterocycles. The van der Waals surface area contributed by atoms with E-state index in [2.05, 4.69) is 21.0 Å². The van der Waals surface area contributed by atoms with Gasteiger partial charge in [0.15, 0.2) is 0 Å². The quantitative estimate of drug-likeness (QED) is 0.247. The minimum Gasteiger partial charge on any atom is -0.505 e. The minimum absolute atomic E-state index is 0.0411. The summed E-state index contributed by atoms with van der Waals surface area (Å²) in [5, 5.41) is 30.6. The number of aryl methyl sites for hydroxylation is 1. The summed E-state index contributed by atoms with van der Waals surface area (Å²) in [6, 6.07) is 3.90. The van der Waals surface area contributed by atoms with E-state index in [4.69, 9.17) is 17.0 Å². The zero-order chi connectivity index (χ0) is 22.5. The molecule has 2 aromatic rings. The number of allylic oxidation sites excluding steroid dienone is 1. The molecular formula is C22H25ClN6OS. The van der Waals surface area contributed by atoms with E-state index in [1.54, 1.807) is 12.4 Å². The van der Waals surface area contributed by atoms with E-state index < -0.39 is 0 Å². The Balaban J connectivity index is 2.08. The molecule has 0 amide bonds. The molecule has 1 aliphatic carbocycles. The van der Waals surface area contributed by atoms with Crippen LogP contribution in [0, 0.1) is 16.7 Å². The van der Waals surface area contributed by atoms with E-state index >= 15 is 0 Å². The highest BCUT2D eigenvalue weighted by molar-refractivity contribution is 7.16. The van der Waals surface area contributed by atoms with E-state index in [0.717, 1.165) is 36.1 Å². The van der Waals surface area contributed by atoms with Gasteiger partial charge in [0, 0.05) is 42.4 Å². The number of aliphatic hydroxyl groups is 1. The van der Waals surface area contributed by atoms with E-state index in [9.17, 15) is 10.4 Å². The Labute approximate surface area is 191 Å². The number of fused-ring (bicyclic) bond motifs is 1. The first-order chi connectivity index (χ1) is 14.9. The second-order valence-electron chi connectivity index (χ2n) is 7.59. The van der Waals surface area contributed by atoms with Gasteiger partial charge in [0.25, 0.3) is 0 Å². The van der Waals surface area contributed by atoms with Crippen LogP contribution in [0.5, 0.6) is 0 Å². The monoisotopic (exact) mass is 456 g/mol. The van der Waals surface area contributed by atoms with Gasteiger partial charge in [0.1, 0.15) is 22.5 Å². The fourth-order valence-electron chi connectivity index (χ4n) is 3.76. The fourth-order valence-corrected chi connectivity index (χ4v) is 5.10. The molecular weight excluding hydrogens is 432 g/mol. The topological polar surface area (TPSA) is 109 Å².